The first-order valence-corrected chi connectivity index (χ1v) is 10.6. The smallest absolute Gasteiger partial charge is 1.00 e. The van der Waals surface area contributed by atoms with E-state index in [2.05, 4.69) is 60.5 Å². The number of halogens is 2. The summed E-state index contributed by atoms with van der Waals surface area (Å²) >= 11 is -0.665. The van der Waals surface area contributed by atoms with Crippen LogP contribution in [-0.2, 0) is 36.1 Å². The molecule has 4 rings (SSSR count). The number of rotatable bonds is 4. The molecule has 0 nitrogen and oxygen atoms in total. The molecule has 2 aromatic carbocycles. The SMILES string of the molecule is C#CCCc1cc[c]([Zr+2][C]2=CC=CC2)c2c1-c1ccccc1C2.[Cl-].[Cl-]. The van der Waals surface area contributed by atoms with Gasteiger partial charge in [0.2, 0.25) is 0 Å². The van der Waals surface area contributed by atoms with E-state index < -0.39 is 23.2 Å². The van der Waals surface area contributed by atoms with Crippen molar-refractivity contribution in [3.05, 3.63) is 74.6 Å². The molecule has 3 heteroatoms. The summed E-state index contributed by atoms with van der Waals surface area (Å²) in [6.45, 7) is 0. The van der Waals surface area contributed by atoms with Crippen LogP contribution in [0, 0.1) is 12.3 Å². The summed E-state index contributed by atoms with van der Waals surface area (Å²) in [4.78, 5) is 0. The zero-order valence-electron chi connectivity index (χ0n) is 13.9. The van der Waals surface area contributed by atoms with Crippen molar-refractivity contribution in [3.63, 3.8) is 0 Å². The summed E-state index contributed by atoms with van der Waals surface area (Å²) in [6, 6.07) is 13.6. The van der Waals surface area contributed by atoms with E-state index in [0.717, 1.165) is 19.3 Å². The molecule has 0 heterocycles. The van der Waals surface area contributed by atoms with Crippen molar-refractivity contribution >= 4 is 3.27 Å². The van der Waals surface area contributed by atoms with E-state index in [4.69, 9.17) is 6.42 Å². The molecule has 0 unspecified atom stereocenters. The molecule has 0 spiro atoms. The van der Waals surface area contributed by atoms with Gasteiger partial charge in [0, 0.05) is 0 Å². The predicted molar refractivity (Wildman–Crippen MR) is 93.3 cm³/mol. The fraction of sp³-hybridized carbons (Fsp3) is 0.182. The van der Waals surface area contributed by atoms with Crippen LogP contribution in [0.15, 0.2) is 57.9 Å². The number of fused-ring (bicyclic) bond motifs is 3. The van der Waals surface area contributed by atoms with Gasteiger partial charge in [0.15, 0.2) is 0 Å². The van der Waals surface area contributed by atoms with Crippen LogP contribution in [0.4, 0.5) is 0 Å². The Balaban J connectivity index is 0.00000113. The molecule has 2 aromatic rings. The van der Waals surface area contributed by atoms with Crippen LogP contribution in [0.1, 0.15) is 29.5 Å². The first kappa shape index (κ1) is 20.3. The standard InChI is InChI=1S/C17H13.C5H5.2ClH.Zr/c1-2-3-7-13-9-6-10-15-12-14-8-4-5-11-16(14)17(13)15;1-2-4-5-3-1;;;/h1,4-6,8-9,11H,3,7,12H2;1-3H,4H2;2*1H;/q;;;;+2/p-2. The van der Waals surface area contributed by atoms with Gasteiger partial charge in [-0.2, -0.15) is 0 Å². The number of benzene rings is 2. The normalized spacial score (nSPS) is 12.8. The fourth-order valence-electron chi connectivity index (χ4n) is 3.57. The Hall–Kier alpha value is -1.06. The average Bonchev–Trinajstić information content (AvgIpc) is 3.21. The van der Waals surface area contributed by atoms with E-state index >= 15 is 0 Å². The molecule has 0 saturated carbocycles. The number of hydrogen-bond acceptors (Lipinski definition) is 0. The van der Waals surface area contributed by atoms with Gasteiger partial charge in [0.1, 0.15) is 0 Å². The molecule has 0 amide bonds. The predicted octanol–water partition coefficient (Wildman–Crippen LogP) is -1.62. The van der Waals surface area contributed by atoms with Crippen LogP contribution < -0.4 is 28.1 Å². The minimum atomic E-state index is -0.665. The first-order chi connectivity index (χ1) is 11.4. The summed E-state index contributed by atoms with van der Waals surface area (Å²) in [5.74, 6) is 2.80. The van der Waals surface area contributed by atoms with E-state index in [-0.39, 0.29) is 24.8 Å². The van der Waals surface area contributed by atoms with Gasteiger partial charge >= 0.3 is 150 Å². The molecule has 0 N–H and O–H groups in total. The molecule has 0 aliphatic heterocycles. The Kier molecular flexibility index (Phi) is 7.33. The van der Waals surface area contributed by atoms with E-state index in [1.807, 2.05) is 0 Å². The van der Waals surface area contributed by atoms with Gasteiger partial charge in [-0.1, -0.05) is 0 Å². The van der Waals surface area contributed by atoms with Crippen molar-refractivity contribution in [2.75, 3.05) is 0 Å². The average molecular weight is 445 g/mol. The third kappa shape index (κ3) is 4.03. The Morgan fingerprint density at radius 2 is 1.92 bits per heavy atom. The second-order valence-corrected chi connectivity index (χ2v) is 9.63. The Bertz CT molecular complexity index is 872. The van der Waals surface area contributed by atoms with Crippen molar-refractivity contribution in [2.45, 2.75) is 25.7 Å². The zero-order valence-corrected chi connectivity index (χ0v) is 17.8. The molecule has 2 aliphatic carbocycles. The maximum absolute atomic E-state index is 5.50. The molecule has 0 radical (unpaired) electrons. The Labute approximate surface area is 174 Å². The van der Waals surface area contributed by atoms with Crippen LogP contribution in [0.2, 0.25) is 0 Å². The van der Waals surface area contributed by atoms with E-state index in [9.17, 15) is 0 Å². The number of hydrogen-bond donors (Lipinski definition) is 0. The van der Waals surface area contributed by atoms with Gasteiger partial charge in [-0.15, -0.1) is 0 Å². The molecule has 2 aliphatic rings. The van der Waals surface area contributed by atoms with Gasteiger partial charge in [-0.3, -0.25) is 0 Å². The molecule has 124 valence electrons. The monoisotopic (exact) mass is 442 g/mol. The molecule has 0 fully saturated rings. The second-order valence-electron chi connectivity index (χ2n) is 6.11. The Morgan fingerprint density at radius 3 is 2.68 bits per heavy atom. The number of aryl methyl sites for hydroxylation is 1. The van der Waals surface area contributed by atoms with Crippen molar-refractivity contribution < 1.29 is 48.0 Å². The second kappa shape index (κ2) is 9.05. The molecule has 0 aromatic heterocycles. The van der Waals surface area contributed by atoms with Crippen LogP contribution in [0.25, 0.3) is 11.1 Å². The topological polar surface area (TPSA) is 0 Å². The minimum absolute atomic E-state index is 0. The van der Waals surface area contributed by atoms with Crippen LogP contribution in [0.3, 0.4) is 0 Å². The van der Waals surface area contributed by atoms with Crippen molar-refractivity contribution in [1.29, 1.82) is 0 Å². The van der Waals surface area contributed by atoms with Crippen molar-refractivity contribution in [2.24, 2.45) is 0 Å². The van der Waals surface area contributed by atoms with Crippen LogP contribution >= 0.6 is 0 Å². The molecule has 0 atom stereocenters. The third-order valence-corrected chi connectivity index (χ3v) is 8.17. The molecule has 25 heavy (non-hydrogen) atoms. The summed E-state index contributed by atoms with van der Waals surface area (Å²) in [5.41, 5.74) is 7.45. The van der Waals surface area contributed by atoms with Gasteiger partial charge in [-0.05, 0) is 0 Å². The largest absolute Gasteiger partial charge is 1.00 e. The third-order valence-electron chi connectivity index (χ3n) is 4.66. The number of terminal acetylenes is 1. The zero-order chi connectivity index (χ0) is 15.6. The fourth-order valence-corrected chi connectivity index (χ4v) is 6.71. The van der Waals surface area contributed by atoms with Crippen molar-refractivity contribution in [3.8, 4) is 23.5 Å². The summed E-state index contributed by atoms with van der Waals surface area (Å²) in [7, 11) is 0. The van der Waals surface area contributed by atoms with E-state index in [0.29, 0.717) is 0 Å². The van der Waals surface area contributed by atoms with Gasteiger partial charge in [0.05, 0.1) is 0 Å². The van der Waals surface area contributed by atoms with Crippen LogP contribution in [0.5, 0.6) is 0 Å². The van der Waals surface area contributed by atoms with E-state index in [1.54, 1.807) is 12.1 Å². The molecular formula is C22H18Cl2Zr. The van der Waals surface area contributed by atoms with Gasteiger partial charge in [-0.25, -0.2) is 0 Å². The van der Waals surface area contributed by atoms with Gasteiger partial charge in [0.25, 0.3) is 0 Å². The van der Waals surface area contributed by atoms with Gasteiger partial charge < -0.3 is 24.8 Å². The Morgan fingerprint density at radius 1 is 1.08 bits per heavy atom. The number of allylic oxidation sites excluding steroid dienone is 4. The minimum Gasteiger partial charge on any atom is -1.00 e. The van der Waals surface area contributed by atoms with E-state index in [1.165, 1.54) is 28.7 Å². The quantitative estimate of drug-likeness (QED) is 0.425. The molecule has 0 bridgehead atoms. The molecule has 0 saturated heterocycles. The maximum atomic E-state index is 5.50. The summed E-state index contributed by atoms with van der Waals surface area (Å²) < 4.78 is 3.34. The molecular weight excluding hydrogens is 426 g/mol. The van der Waals surface area contributed by atoms with Crippen molar-refractivity contribution in [1.82, 2.24) is 0 Å². The van der Waals surface area contributed by atoms with Crippen LogP contribution in [-0.4, -0.2) is 0 Å². The first-order valence-electron chi connectivity index (χ1n) is 8.16. The summed E-state index contributed by atoms with van der Waals surface area (Å²) in [5, 5.41) is 0. The summed E-state index contributed by atoms with van der Waals surface area (Å²) in [6.07, 6.45) is 16.4. The maximum Gasteiger partial charge on any atom is -1.00 e.